The molecule has 1 saturated heterocycles. The second-order valence-electron chi connectivity index (χ2n) is 8.58. The molecule has 3 fully saturated rings. The smallest absolute Gasteiger partial charge is 0.319 e. The van der Waals surface area contributed by atoms with Crippen molar-refractivity contribution in [2.45, 2.75) is 82.8 Å². The number of nitrogens with one attached hydrogen (secondary N) is 2. The first-order valence-electron chi connectivity index (χ1n) is 11.3. The van der Waals surface area contributed by atoms with E-state index in [4.69, 9.17) is 0 Å². The summed E-state index contributed by atoms with van der Waals surface area (Å²) in [5.41, 5.74) is 0. The number of thiazole rings is 1. The molecule has 1 aromatic heterocycles. The average molecular weight is 442 g/mol. The summed E-state index contributed by atoms with van der Waals surface area (Å²) < 4.78 is 0. The normalized spacial score (nSPS) is 22.1. The lowest BCUT2D eigenvalue weighted by Crippen LogP contribution is -2.50. The van der Waals surface area contributed by atoms with Gasteiger partial charge < -0.3 is 10.2 Å². The van der Waals surface area contributed by atoms with Gasteiger partial charge in [0.2, 0.25) is 0 Å². The molecule has 2 amide bonds. The average Bonchev–Trinajstić information content (AvgIpc) is 3.17. The molecule has 2 N–H and O–H groups in total. The standard InChI is InChI=1S/C21H35N5OS.ClH/c27-21(24-20-23-15-19(28-20)16-25-13-11-22-12-14-25)26(17-7-3-1-4-8-17)18-9-5-2-6-10-18;/h15,17-18,22H,1-14,16H2,(H,23,24,27);1H. The summed E-state index contributed by atoms with van der Waals surface area (Å²) >= 11 is 1.63. The maximum Gasteiger partial charge on any atom is 0.324 e. The molecule has 1 aliphatic heterocycles. The Balaban J connectivity index is 0.00000240. The quantitative estimate of drug-likeness (QED) is 0.707. The molecule has 6 nitrogen and oxygen atoms in total. The summed E-state index contributed by atoms with van der Waals surface area (Å²) in [6, 6.07) is 0.913. The molecule has 3 aliphatic rings. The Morgan fingerprint density at radius 1 is 1.07 bits per heavy atom. The van der Waals surface area contributed by atoms with Crippen LogP contribution in [0.15, 0.2) is 6.20 Å². The molecule has 0 atom stereocenters. The number of nitrogens with zero attached hydrogens (tertiary/aromatic N) is 3. The van der Waals surface area contributed by atoms with Crippen molar-refractivity contribution in [3.8, 4) is 0 Å². The molecule has 164 valence electrons. The van der Waals surface area contributed by atoms with Crippen LogP contribution in [0.4, 0.5) is 9.93 Å². The van der Waals surface area contributed by atoms with Crippen molar-refractivity contribution in [2.75, 3.05) is 31.5 Å². The summed E-state index contributed by atoms with van der Waals surface area (Å²) in [5.74, 6) is 0. The third kappa shape index (κ3) is 6.29. The third-order valence-corrected chi connectivity index (χ3v) is 7.42. The number of halogens is 1. The second kappa shape index (κ2) is 11.5. The van der Waals surface area contributed by atoms with Gasteiger partial charge in [-0.2, -0.15) is 0 Å². The molecule has 0 unspecified atom stereocenters. The molecular weight excluding hydrogens is 406 g/mol. The fraction of sp³-hybridized carbons (Fsp3) is 0.810. The third-order valence-electron chi connectivity index (χ3n) is 6.53. The van der Waals surface area contributed by atoms with Gasteiger partial charge in [0, 0.05) is 55.9 Å². The van der Waals surface area contributed by atoms with E-state index in [0.717, 1.165) is 63.5 Å². The Labute approximate surface area is 185 Å². The molecule has 0 radical (unpaired) electrons. The van der Waals surface area contributed by atoms with Gasteiger partial charge in [0.15, 0.2) is 5.13 Å². The first-order chi connectivity index (χ1) is 13.8. The molecule has 29 heavy (non-hydrogen) atoms. The van der Waals surface area contributed by atoms with Crippen molar-refractivity contribution in [1.29, 1.82) is 0 Å². The van der Waals surface area contributed by atoms with Crippen LogP contribution < -0.4 is 10.6 Å². The van der Waals surface area contributed by atoms with Gasteiger partial charge in [-0.15, -0.1) is 23.7 Å². The molecule has 1 aromatic rings. The van der Waals surface area contributed by atoms with E-state index in [1.807, 2.05) is 6.20 Å². The molecule has 2 saturated carbocycles. The van der Waals surface area contributed by atoms with E-state index in [1.54, 1.807) is 11.3 Å². The second-order valence-corrected chi connectivity index (χ2v) is 9.69. The number of carbonyl (C=O) groups is 1. The van der Waals surface area contributed by atoms with Crippen molar-refractivity contribution < 1.29 is 4.79 Å². The summed E-state index contributed by atoms with van der Waals surface area (Å²) in [6.45, 7) is 5.21. The van der Waals surface area contributed by atoms with E-state index in [2.05, 4.69) is 25.4 Å². The number of hydrogen-bond donors (Lipinski definition) is 2. The van der Waals surface area contributed by atoms with Crippen LogP contribution in [-0.4, -0.2) is 59.1 Å². The SMILES string of the molecule is Cl.O=C(Nc1ncc(CN2CCNCC2)s1)N(C1CCCCC1)C1CCCCC1. The molecular formula is C21H36ClN5OS. The van der Waals surface area contributed by atoms with Crippen molar-refractivity contribution in [3.05, 3.63) is 11.1 Å². The lowest BCUT2D eigenvalue weighted by atomic mass is 9.89. The predicted octanol–water partition coefficient (Wildman–Crippen LogP) is 4.47. The van der Waals surface area contributed by atoms with Crippen LogP contribution >= 0.6 is 23.7 Å². The zero-order valence-corrected chi connectivity index (χ0v) is 19.0. The molecule has 8 heteroatoms. The van der Waals surface area contributed by atoms with Crippen LogP contribution in [-0.2, 0) is 6.54 Å². The fourth-order valence-electron chi connectivity index (χ4n) is 5.03. The number of hydrogen-bond acceptors (Lipinski definition) is 5. The molecule has 0 spiro atoms. The van der Waals surface area contributed by atoms with Crippen LogP contribution in [0.3, 0.4) is 0 Å². The first kappa shape index (κ1) is 22.8. The molecule has 4 rings (SSSR count). The van der Waals surface area contributed by atoms with Gasteiger partial charge in [-0.25, -0.2) is 9.78 Å². The topological polar surface area (TPSA) is 60.5 Å². The van der Waals surface area contributed by atoms with E-state index in [1.165, 1.54) is 43.4 Å². The number of rotatable bonds is 5. The summed E-state index contributed by atoms with van der Waals surface area (Å²) in [6.07, 6.45) is 14.3. The minimum absolute atomic E-state index is 0. The van der Waals surface area contributed by atoms with Crippen LogP contribution in [0, 0.1) is 0 Å². The maximum atomic E-state index is 13.3. The number of anilines is 1. The van der Waals surface area contributed by atoms with Crippen molar-refractivity contribution >= 4 is 34.9 Å². The minimum atomic E-state index is 0. The van der Waals surface area contributed by atoms with E-state index in [-0.39, 0.29) is 18.4 Å². The lowest BCUT2D eigenvalue weighted by Gasteiger charge is -2.41. The summed E-state index contributed by atoms with van der Waals surface area (Å²) in [5, 5.41) is 7.30. The zero-order chi connectivity index (χ0) is 19.2. The van der Waals surface area contributed by atoms with E-state index in [9.17, 15) is 4.79 Å². The van der Waals surface area contributed by atoms with Gasteiger partial charge in [0.25, 0.3) is 0 Å². The van der Waals surface area contributed by atoms with Gasteiger partial charge in [-0.1, -0.05) is 38.5 Å². The van der Waals surface area contributed by atoms with Crippen LogP contribution in [0.5, 0.6) is 0 Å². The molecule has 0 aromatic carbocycles. The van der Waals surface area contributed by atoms with Crippen LogP contribution in [0.25, 0.3) is 0 Å². The Morgan fingerprint density at radius 2 is 1.66 bits per heavy atom. The van der Waals surface area contributed by atoms with Gasteiger partial charge in [-0.3, -0.25) is 10.2 Å². The Kier molecular flexibility index (Phi) is 9.03. The van der Waals surface area contributed by atoms with Crippen molar-refractivity contribution in [2.24, 2.45) is 0 Å². The van der Waals surface area contributed by atoms with Crippen molar-refractivity contribution in [3.63, 3.8) is 0 Å². The van der Waals surface area contributed by atoms with E-state index < -0.39 is 0 Å². The van der Waals surface area contributed by atoms with E-state index >= 15 is 0 Å². The molecule has 0 bridgehead atoms. The van der Waals surface area contributed by atoms with Gasteiger partial charge in [0.1, 0.15) is 0 Å². The highest BCUT2D eigenvalue weighted by atomic mass is 35.5. The van der Waals surface area contributed by atoms with Crippen LogP contribution in [0.2, 0.25) is 0 Å². The Bertz CT molecular complexity index is 606. The summed E-state index contributed by atoms with van der Waals surface area (Å²) in [7, 11) is 0. The van der Waals surface area contributed by atoms with E-state index in [0.29, 0.717) is 12.1 Å². The molecule has 2 heterocycles. The zero-order valence-electron chi connectivity index (χ0n) is 17.4. The van der Waals surface area contributed by atoms with Gasteiger partial charge >= 0.3 is 6.03 Å². The van der Waals surface area contributed by atoms with Gasteiger partial charge in [-0.05, 0) is 25.7 Å². The largest absolute Gasteiger partial charge is 0.324 e. The number of amides is 2. The number of urea groups is 1. The highest BCUT2D eigenvalue weighted by Gasteiger charge is 2.32. The molecule has 2 aliphatic carbocycles. The monoisotopic (exact) mass is 441 g/mol. The predicted molar refractivity (Wildman–Crippen MR) is 122 cm³/mol. The highest BCUT2D eigenvalue weighted by molar-refractivity contribution is 7.15. The minimum Gasteiger partial charge on any atom is -0.319 e. The lowest BCUT2D eigenvalue weighted by molar-refractivity contribution is 0.114. The van der Waals surface area contributed by atoms with Gasteiger partial charge in [0.05, 0.1) is 0 Å². The Morgan fingerprint density at radius 3 is 2.24 bits per heavy atom. The first-order valence-corrected chi connectivity index (χ1v) is 12.1. The van der Waals surface area contributed by atoms with Crippen LogP contribution in [0.1, 0.15) is 69.1 Å². The fourth-order valence-corrected chi connectivity index (χ4v) is 5.88. The van der Waals surface area contributed by atoms with Crippen molar-refractivity contribution in [1.82, 2.24) is 20.1 Å². The number of carbonyl (C=O) groups excluding carboxylic acids is 1. The summed E-state index contributed by atoms with van der Waals surface area (Å²) in [4.78, 5) is 23.7. The Hall–Kier alpha value is -0.890. The highest BCUT2D eigenvalue weighted by Crippen LogP contribution is 2.31. The number of aromatic nitrogens is 1. The number of piperazine rings is 1. The maximum absolute atomic E-state index is 13.3.